The highest BCUT2D eigenvalue weighted by Gasteiger charge is 2.57. The number of benzene rings is 6. The molecule has 0 aliphatic carbocycles. The van der Waals surface area contributed by atoms with Crippen LogP contribution in [0, 0.1) is 0 Å². The van der Waals surface area contributed by atoms with E-state index in [1.807, 2.05) is 121 Å². The van der Waals surface area contributed by atoms with Gasteiger partial charge in [-0.2, -0.15) is 0 Å². The third-order valence-corrected chi connectivity index (χ3v) is 11.7. The second-order valence-electron chi connectivity index (χ2n) is 13.3. The molecular formula is C45H39Br3O8. The van der Waals surface area contributed by atoms with Crippen molar-refractivity contribution in [1.29, 1.82) is 0 Å². The topological polar surface area (TPSA) is 107 Å². The molecule has 1 heterocycles. The van der Waals surface area contributed by atoms with E-state index >= 15 is 0 Å². The van der Waals surface area contributed by atoms with Crippen molar-refractivity contribution in [2.24, 2.45) is 0 Å². The van der Waals surface area contributed by atoms with Gasteiger partial charge in [0.25, 0.3) is 0 Å². The van der Waals surface area contributed by atoms with E-state index in [9.17, 15) is 15.3 Å². The molecule has 0 bridgehead atoms. The molecule has 1 aliphatic rings. The average molecular weight is 948 g/mol. The molecule has 0 spiro atoms. The molecule has 8 nitrogen and oxygen atoms in total. The predicted molar refractivity (Wildman–Crippen MR) is 224 cm³/mol. The lowest BCUT2D eigenvalue weighted by molar-refractivity contribution is -0.205. The fourth-order valence-electron chi connectivity index (χ4n) is 6.93. The predicted octanol–water partition coefficient (Wildman–Crippen LogP) is 10.7. The number of phenolic OH excluding ortho intramolecular Hbond substituents is 2. The number of aromatic hydroxyl groups is 2. The number of aliphatic hydroxyl groups is 1. The van der Waals surface area contributed by atoms with Crippen molar-refractivity contribution >= 4 is 47.8 Å². The fourth-order valence-corrected chi connectivity index (χ4v) is 8.99. The van der Waals surface area contributed by atoms with E-state index in [2.05, 4.69) is 47.8 Å². The van der Waals surface area contributed by atoms with Crippen LogP contribution >= 0.6 is 47.8 Å². The van der Waals surface area contributed by atoms with E-state index in [1.165, 1.54) is 12.1 Å². The zero-order valence-corrected chi connectivity index (χ0v) is 34.9. The quantitative estimate of drug-likeness (QED) is 0.0874. The molecule has 11 heteroatoms. The lowest BCUT2D eigenvalue weighted by Crippen LogP contribution is -2.53. The Kier molecular flexibility index (Phi) is 13.0. The molecule has 1 aliphatic heterocycles. The third-order valence-electron chi connectivity index (χ3n) is 9.54. The van der Waals surface area contributed by atoms with Gasteiger partial charge in [0.05, 0.1) is 25.4 Å². The number of fused-ring (bicyclic) bond motifs is 1. The Morgan fingerprint density at radius 1 is 0.607 bits per heavy atom. The van der Waals surface area contributed by atoms with Crippen molar-refractivity contribution in [3.63, 3.8) is 0 Å². The Labute approximate surface area is 351 Å². The highest BCUT2D eigenvalue weighted by molar-refractivity contribution is 9.11. The summed E-state index contributed by atoms with van der Waals surface area (Å²) in [6.07, 6.45) is -1.65. The summed E-state index contributed by atoms with van der Waals surface area (Å²) < 4.78 is 36.1. The van der Waals surface area contributed by atoms with Gasteiger partial charge in [-0.25, -0.2) is 0 Å². The highest BCUT2D eigenvalue weighted by atomic mass is 79.9. The number of phenols is 2. The molecule has 0 unspecified atom stereocenters. The molecule has 0 aromatic heterocycles. The molecule has 6 aromatic carbocycles. The first kappa shape index (κ1) is 39.9. The summed E-state index contributed by atoms with van der Waals surface area (Å²) in [5.74, 6) is 0.559. The van der Waals surface area contributed by atoms with Gasteiger partial charge in [0, 0.05) is 16.5 Å². The molecule has 56 heavy (non-hydrogen) atoms. The van der Waals surface area contributed by atoms with Crippen LogP contribution in [-0.4, -0.2) is 34.6 Å². The second-order valence-corrected chi connectivity index (χ2v) is 15.7. The van der Waals surface area contributed by atoms with Gasteiger partial charge in [-0.05, 0) is 66.2 Å². The summed E-state index contributed by atoms with van der Waals surface area (Å²) in [4.78, 5) is 0. The Balaban J connectivity index is 1.51. The van der Waals surface area contributed by atoms with Crippen molar-refractivity contribution < 1.29 is 39.0 Å². The number of aliphatic hydroxyl groups excluding tert-OH is 1. The van der Waals surface area contributed by atoms with Crippen molar-refractivity contribution in [1.82, 2.24) is 0 Å². The zero-order chi connectivity index (χ0) is 39.1. The van der Waals surface area contributed by atoms with E-state index in [0.717, 1.165) is 22.3 Å². The molecule has 0 saturated carbocycles. The summed E-state index contributed by atoms with van der Waals surface area (Å²) in [5.41, 5.74) is 3.32. The summed E-state index contributed by atoms with van der Waals surface area (Å²) in [5, 5.41) is 31.8. The van der Waals surface area contributed by atoms with Gasteiger partial charge in [-0.15, -0.1) is 0 Å². The maximum Gasteiger partial charge on any atom is 0.158 e. The van der Waals surface area contributed by atoms with E-state index in [1.54, 1.807) is 0 Å². The van der Waals surface area contributed by atoms with Gasteiger partial charge in [0.2, 0.25) is 0 Å². The van der Waals surface area contributed by atoms with Crippen LogP contribution in [0.5, 0.6) is 28.7 Å². The van der Waals surface area contributed by atoms with Crippen molar-refractivity contribution in [3.05, 3.63) is 180 Å². The molecule has 0 fully saturated rings. The summed E-state index contributed by atoms with van der Waals surface area (Å²) in [6.45, 7) is 0.263. The first-order chi connectivity index (χ1) is 27.3. The van der Waals surface area contributed by atoms with Crippen LogP contribution in [0.4, 0.5) is 0 Å². The molecular weight excluding hydrogens is 908 g/mol. The Hall–Kier alpha value is -4.36. The Morgan fingerprint density at radius 3 is 1.66 bits per heavy atom. The summed E-state index contributed by atoms with van der Waals surface area (Å²) in [7, 11) is 0. The third kappa shape index (κ3) is 8.63. The number of hydrogen-bond donors (Lipinski definition) is 3. The molecule has 3 N–H and O–H groups in total. The van der Waals surface area contributed by atoms with E-state index in [4.69, 9.17) is 23.7 Å². The Morgan fingerprint density at radius 2 is 1.11 bits per heavy atom. The maximum absolute atomic E-state index is 10.9. The number of rotatable bonds is 15. The minimum Gasteiger partial charge on any atom is -0.504 e. The van der Waals surface area contributed by atoms with Gasteiger partial charge in [-0.1, -0.05) is 137 Å². The van der Waals surface area contributed by atoms with Crippen molar-refractivity contribution in [2.75, 3.05) is 13.2 Å². The molecule has 7 rings (SSSR count). The first-order valence-electron chi connectivity index (χ1n) is 18.0. The second kappa shape index (κ2) is 18.3. The van der Waals surface area contributed by atoms with E-state index < -0.39 is 17.8 Å². The Bertz CT molecular complexity index is 2230. The van der Waals surface area contributed by atoms with Crippen LogP contribution in [0.3, 0.4) is 0 Å². The normalized spacial score (nSPS) is 17.5. The maximum atomic E-state index is 10.9. The van der Waals surface area contributed by atoms with E-state index in [-0.39, 0.29) is 51.0 Å². The van der Waals surface area contributed by atoms with Crippen molar-refractivity contribution in [3.8, 4) is 28.7 Å². The van der Waals surface area contributed by atoms with Crippen molar-refractivity contribution in [2.45, 2.75) is 44.1 Å². The minimum absolute atomic E-state index is 0.0637. The minimum atomic E-state index is -1.42. The SMILES string of the molecule is OCCO[C@@]1(Cc2ccccc2)c2c(OCc3ccccc3)c(Br)c(OCc3ccccc3)c(Br)c2O[C@H](c2cc(O)c(O)cc2Br)[C@@H]1OCc1ccccc1. The molecule has 6 aromatic rings. The van der Waals surface area contributed by atoms with Gasteiger partial charge in [-0.3, -0.25) is 0 Å². The summed E-state index contributed by atoms with van der Waals surface area (Å²) in [6, 6.07) is 42.2. The summed E-state index contributed by atoms with van der Waals surface area (Å²) >= 11 is 11.4. The van der Waals surface area contributed by atoms with Crippen LogP contribution < -0.4 is 14.2 Å². The number of hydrogen-bond acceptors (Lipinski definition) is 8. The standard InChI is InChI=1S/C45H39Br3O8/c46-34-24-36(51)35(50)23-33(34)40-44(54-28-32-19-11-4-12-20-32)45(55-22-21-49,25-29-13-5-1-6-14-29)37-41(52-26-30-15-7-2-8-16-30)38(47)43(39(48)42(37)56-40)53-27-31-17-9-3-10-18-31/h1-20,23-24,40,44,49-51H,21-22,25-28H2/t40-,44+,45+/m1/s1. The molecule has 288 valence electrons. The van der Waals surface area contributed by atoms with Crippen LogP contribution in [0.15, 0.2) is 147 Å². The molecule has 0 radical (unpaired) electrons. The number of ether oxygens (including phenoxy) is 5. The van der Waals surface area contributed by atoms with Gasteiger partial charge in [0.1, 0.15) is 45.4 Å². The van der Waals surface area contributed by atoms with Crippen LogP contribution in [0.25, 0.3) is 0 Å². The lowest BCUT2D eigenvalue weighted by atomic mass is 9.75. The fraction of sp³-hybridized carbons (Fsp3) is 0.200. The van der Waals surface area contributed by atoms with E-state index in [0.29, 0.717) is 41.8 Å². The van der Waals surface area contributed by atoms with Gasteiger partial charge in [0.15, 0.2) is 23.4 Å². The van der Waals surface area contributed by atoms with Crippen LogP contribution in [0.1, 0.15) is 39.5 Å². The molecule has 3 atom stereocenters. The van der Waals surface area contributed by atoms with Crippen LogP contribution in [0.2, 0.25) is 0 Å². The van der Waals surface area contributed by atoms with Gasteiger partial charge >= 0.3 is 0 Å². The average Bonchev–Trinajstić information content (AvgIpc) is 3.22. The van der Waals surface area contributed by atoms with Gasteiger partial charge < -0.3 is 39.0 Å². The highest BCUT2D eigenvalue weighted by Crippen LogP contribution is 2.61. The zero-order valence-electron chi connectivity index (χ0n) is 30.1. The lowest BCUT2D eigenvalue weighted by Gasteiger charge is -2.49. The number of halogens is 3. The largest absolute Gasteiger partial charge is 0.504 e. The van der Waals surface area contributed by atoms with Crippen LogP contribution in [-0.2, 0) is 41.3 Å². The molecule has 0 saturated heterocycles. The smallest absolute Gasteiger partial charge is 0.158 e. The molecule has 0 amide bonds. The first-order valence-corrected chi connectivity index (χ1v) is 20.4. The monoisotopic (exact) mass is 944 g/mol.